The van der Waals surface area contributed by atoms with Crippen molar-refractivity contribution < 1.29 is 26.9 Å². The molecule has 0 unspecified atom stereocenters. The van der Waals surface area contributed by atoms with Gasteiger partial charge in [0.25, 0.3) is 15.7 Å². The summed E-state index contributed by atoms with van der Waals surface area (Å²) in [5, 5.41) is 21.5. The maximum atomic E-state index is 13.0. The Morgan fingerprint density at radius 1 is 0.903 bits per heavy atom. The fourth-order valence-corrected chi connectivity index (χ4v) is 5.56. The number of nitro benzene ring substituents is 1. The number of hydrogen-bond acceptors (Lipinski definition) is 7. The fraction of sp³-hybridized carbons (Fsp3) is 0.100. The average Bonchev–Trinajstić information content (AvgIpc) is 2.70. The average molecular weight is 463 g/mol. The Hall–Kier alpha value is -3.44. The van der Waals surface area contributed by atoms with Gasteiger partial charge < -0.3 is 5.11 Å². The molecule has 0 bridgehead atoms. The second kappa shape index (κ2) is 8.00. The fourth-order valence-electron chi connectivity index (χ4n) is 2.90. The van der Waals surface area contributed by atoms with Gasteiger partial charge in [0.2, 0.25) is 9.84 Å². The quantitative estimate of drug-likeness (QED) is 0.324. The van der Waals surface area contributed by atoms with Crippen LogP contribution in [0, 0.1) is 24.0 Å². The number of sulfonamides is 1. The summed E-state index contributed by atoms with van der Waals surface area (Å²) < 4.78 is 53.7. The van der Waals surface area contributed by atoms with Crippen molar-refractivity contribution in [3.63, 3.8) is 0 Å². The Kier molecular flexibility index (Phi) is 5.74. The SMILES string of the molecule is Cc1ccc(S(=O)(=O)c2cc(NS(=O)(=O)c3ccccc3[N+](=O)[O-])cc(C)c2O)cc1. The van der Waals surface area contributed by atoms with Crippen molar-refractivity contribution in [2.24, 2.45) is 0 Å². The number of aromatic hydroxyl groups is 1. The number of para-hydroxylation sites is 1. The van der Waals surface area contributed by atoms with Crippen LogP contribution in [0.25, 0.3) is 0 Å². The van der Waals surface area contributed by atoms with Crippen molar-refractivity contribution >= 4 is 31.2 Å². The lowest BCUT2D eigenvalue weighted by atomic mass is 10.2. The van der Waals surface area contributed by atoms with Gasteiger partial charge in [-0.3, -0.25) is 14.8 Å². The van der Waals surface area contributed by atoms with Crippen LogP contribution < -0.4 is 4.72 Å². The van der Waals surface area contributed by atoms with E-state index in [9.17, 15) is 32.1 Å². The Morgan fingerprint density at radius 2 is 1.52 bits per heavy atom. The summed E-state index contributed by atoms with van der Waals surface area (Å²) in [6.45, 7) is 3.20. The Morgan fingerprint density at radius 3 is 2.13 bits per heavy atom. The standard InChI is InChI=1S/C20H18N2O7S2/c1-13-7-9-16(10-8-13)30(26,27)19-12-15(11-14(2)20(19)23)21-31(28,29)18-6-4-3-5-17(18)22(24)25/h3-12,21,23H,1-2H3. The van der Waals surface area contributed by atoms with Crippen LogP contribution in [0.2, 0.25) is 0 Å². The van der Waals surface area contributed by atoms with E-state index in [1.807, 2.05) is 0 Å². The van der Waals surface area contributed by atoms with Crippen molar-refractivity contribution in [3.05, 3.63) is 81.9 Å². The summed E-state index contributed by atoms with van der Waals surface area (Å²) in [5.74, 6) is -0.519. The number of nitrogens with one attached hydrogen (secondary N) is 1. The van der Waals surface area contributed by atoms with E-state index in [4.69, 9.17) is 0 Å². The number of benzene rings is 3. The third-order valence-corrected chi connectivity index (χ3v) is 7.70. The highest BCUT2D eigenvalue weighted by molar-refractivity contribution is 7.93. The zero-order valence-corrected chi connectivity index (χ0v) is 18.1. The first-order valence-electron chi connectivity index (χ1n) is 8.85. The van der Waals surface area contributed by atoms with Crippen LogP contribution in [-0.4, -0.2) is 26.9 Å². The molecule has 11 heteroatoms. The van der Waals surface area contributed by atoms with Crippen LogP contribution >= 0.6 is 0 Å². The summed E-state index contributed by atoms with van der Waals surface area (Å²) >= 11 is 0. The Labute approximate surface area is 179 Å². The lowest BCUT2D eigenvalue weighted by Gasteiger charge is -2.14. The second-order valence-corrected chi connectivity index (χ2v) is 10.4. The molecule has 2 N–H and O–H groups in total. The van der Waals surface area contributed by atoms with Gasteiger partial charge in [0.1, 0.15) is 10.6 Å². The number of phenolic OH excluding ortho intramolecular Hbond substituents is 1. The van der Waals surface area contributed by atoms with E-state index in [1.165, 1.54) is 37.3 Å². The number of rotatable bonds is 6. The van der Waals surface area contributed by atoms with Crippen molar-refractivity contribution in [2.45, 2.75) is 28.5 Å². The van der Waals surface area contributed by atoms with Crippen LogP contribution in [0.5, 0.6) is 5.75 Å². The molecule has 0 atom stereocenters. The van der Waals surface area contributed by atoms with E-state index in [2.05, 4.69) is 4.72 Å². The molecule has 0 aromatic heterocycles. The molecule has 0 heterocycles. The minimum atomic E-state index is -4.42. The minimum Gasteiger partial charge on any atom is -0.506 e. The topological polar surface area (TPSA) is 144 Å². The van der Waals surface area contributed by atoms with Gasteiger partial charge in [0.15, 0.2) is 4.90 Å². The molecule has 0 saturated carbocycles. The molecule has 31 heavy (non-hydrogen) atoms. The lowest BCUT2D eigenvalue weighted by molar-refractivity contribution is -0.387. The van der Waals surface area contributed by atoms with Gasteiger partial charge in [-0.2, -0.15) is 0 Å². The maximum absolute atomic E-state index is 13.0. The first kappa shape index (κ1) is 22.2. The predicted molar refractivity (Wildman–Crippen MR) is 113 cm³/mol. The normalized spacial score (nSPS) is 11.8. The summed E-state index contributed by atoms with van der Waals surface area (Å²) in [6.07, 6.45) is 0. The molecular formula is C20H18N2O7S2. The van der Waals surface area contributed by atoms with Gasteiger partial charge in [-0.15, -0.1) is 0 Å². The van der Waals surface area contributed by atoms with E-state index in [0.717, 1.165) is 23.8 Å². The molecule has 162 valence electrons. The molecule has 9 nitrogen and oxygen atoms in total. The smallest absolute Gasteiger partial charge is 0.289 e. The van der Waals surface area contributed by atoms with Gasteiger partial charge >= 0.3 is 0 Å². The summed E-state index contributed by atoms with van der Waals surface area (Å²) in [6, 6.07) is 12.9. The Bertz CT molecular complexity index is 1380. The predicted octanol–water partition coefficient (Wildman–Crippen LogP) is 3.55. The molecule has 0 saturated heterocycles. The molecule has 0 amide bonds. The third-order valence-electron chi connectivity index (χ3n) is 4.49. The van der Waals surface area contributed by atoms with Crippen LogP contribution in [0.4, 0.5) is 11.4 Å². The number of hydrogen-bond donors (Lipinski definition) is 2. The number of sulfone groups is 1. The number of anilines is 1. The molecule has 0 spiro atoms. The largest absolute Gasteiger partial charge is 0.506 e. The minimum absolute atomic E-state index is 0.0773. The molecule has 3 aromatic carbocycles. The van der Waals surface area contributed by atoms with Gasteiger partial charge in [-0.25, -0.2) is 16.8 Å². The highest BCUT2D eigenvalue weighted by Crippen LogP contribution is 2.35. The van der Waals surface area contributed by atoms with Crippen LogP contribution in [-0.2, 0) is 19.9 Å². The molecule has 0 fully saturated rings. The second-order valence-electron chi connectivity index (χ2n) is 6.79. The zero-order chi connectivity index (χ0) is 23.0. The first-order chi connectivity index (χ1) is 14.4. The number of aryl methyl sites for hydroxylation is 2. The van der Waals surface area contributed by atoms with Crippen LogP contribution in [0.1, 0.15) is 11.1 Å². The summed E-state index contributed by atoms with van der Waals surface area (Å²) in [7, 11) is -8.59. The van der Waals surface area contributed by atoms with Crippen molar-refractivity contribution in [2.75, 3.05) is 4.72 Å². The third kappa shape index (κ3) is 4.37. The van der Waals surface area contributed by atoms with Gasteiger partial charge in [-0.05, 0) is 49.7 Å². The maximum Gasteiger partial charge on any atom is 0.289 e. The van der Waals surface area contributed by atoms with E-state index in [-0.39, 0.29) is 16.1 Å². The van der Waals surface area contributed by atoms with Crippen molar-refractivity contribution in [3.8, 4) is 5.75 Å². The number of phenols is 1. The number of nitro groups is 1. The van der Waals surface area contributed by atoms with E-state index in [0.29, 0.717) is 0 Å². The molecule has 3 rings (SSSR count). The molecule has 0 aliphatic rings. The van der Waals surface area contributed by atoms with E-state index in [1.54, 1.807) is 19.1 Å². The molecule has 3 aromatic rings. The molecule has 0 radical (unpaired) electrons. The van der Waals surface area contributed by atoms with E-state index >= 15 is 0 Å². The van der Waals surface area contributed by atoms with Crippen LogP contribution in [0.15, 0.2) is 75.4 Å². The highest BCUT2D eigenvalue weighted by Gasteiger charge is 2.28. The zero-order valence-electron chi connectivity index (χ0n) is 16.4. The molecule has 0 aliphatic heterocycles. The summed E-state index contributed by atoms with van der Waals surface area (Å²) in [4.78, 5) is 9.22. The highest BCUT2D eigenvalue weighted by atomic mass is 32.2. The lowest BCUT2D eigenvalue weighted by Crippen LogP contribution is -2.15. The monoisotopic (exact) mass is 462 g/mol. The first-order valence-corrected chi connectivity index (χ1v) is 11.8. The van der Waals surface area contributed by atoms with Crippen LogP contribution in [0.3, 0.4) is 0 Å². The molecule has 0 aliphatic carbocycles. The van der Waals surface area contributed by atoms with Gasteiger partial charge in [0, 0.05) is 6.07 Å². The van der Waals surface area contributed by atoms with Gasteiger partial charge in [-0.1, -0.05) is 29.8 Å². The summed E-state index contributed by atoms with van der Waals surface area (Å²) in [5.41, 5.74) is 0.149. The number of nitrogens with zero attached hydrogens (tertiary/aromatic N) is 1. The van der Waals surface area contributed by atoms with E-state index < -0.39 is 46.0 Å². The van der Waals surface area contributed by atoms with Crippen molar-refractivity contribution in [1.29, 1.82) is 0 Å². The Balaban J connectivity index is 2.10. The molecular weight excluding hydrogens is 444 g/mol. The van der Waals surface area contributed by atoms with Gasteiger partial charge in [0.05, 0.1) is 15.5 Å². The van der Waals surface area contributed by atoms with Crippen molar-refractivity contribution in [1.82, 2.24) is 0 Å².